The van der Waals surface area contributed by atoms with Crippen molar-refractivity contribution < 1.29 is 4.90 Å². The Hall–Kier alpha value is 1.12. The molecule has 3 atom stereocenters. The first-order valence-electron chi connectivity index (χ1n) is 2.91. The van der Waals surface area contributed by atoms with E-state index < -0.39 is 4.90 Å². The summed E-state index contributed by atoms with van der Waals surface area (Å²) in [6, 6.07) is 0. The van der Waals surface area contributed by atoms with E-state index in [9.17, 15) is 0 Å². The highest BCUT2D eigenvalue weighted by Crippen LogP contribution is 2.68. The number of quaternary nitrogens is 1. The quantitative estimate of drug-likeness (QED) is 0.476. The molecule has 1 saturated heterocycles. The minimum atomic E-state index is -0.430. The molecule has 0 spiro atoms. The number of hydrogen-bond acceptors (Lipinski definition) is 0. The summed E-state index contributed by atoms with van der Waals surface area (Å²) in [6.07, 6.45) is 1.44. The minimum absolute atomic E-state index is 0.430. The standard InChI is InChI=1S/C5H12INP/c1-5-7(2)4-8(5,3)6/h5H,4H2,1-3H3/q+1/p+1. The van der Waals surface area contributed by atoms with E-state index in [1.807, 2.05) is 0 Å². The molecule has 48 valence electrons. The lowest BCUT2D eigenvalue weighted by Gasteiger charge is -2.36. The number of hydrogen-bond donors (Lipinski definition) is 1. The van der Waals surface area contributed by atoms with Crippen LogP contribution in [0, 0.1) is 0 Å². The van der Waals surface area contributed by atoms with Crippen LogP contribution in [0.15, 0.2) is 0 Å². The molecule has 0 aromatic heterocycles. The summed E-state index contributed by atoms with van der Waals surface area (Å²) < 4.78 is 0. The van der Waals surface area contributed by atoms with E-state index in [0.29, 0.717) is 0 Å². The van der Waals surface area contributed by atoms with Crippen molar-refractivity contribution in [2.24, 2.45) is 0 Å². The zero-order chi connectivity index (χ0) is 6.36. The van der Waals surface area contributed by atoms with Gasteiger partial charge in [0.25, 0.3) is 0 Å². The normalized spacial score (nSPS) is 55.5. The molecule has 0 aromatic carbocycles. The van der Waals surface area contributed by atoms with Crippen molar-refractivity contribution in [3.05, 3.63) is 0 Å². The molecular weight excluding hydrogens is 232 g/mol. The van der Waals surface area contributed by atoms with E-state index in [1.54, 1.807) is 4.90 Å². The summed E-state index contributed by atoms with van der Waals surface area (Å²) in [5.74, 6) is 0.961. The molecular formula is C5H13INP+2. The fourth-order valence-corrected chi connectivity index (χ4v) is 6.35. The largest absolute Gasteiger partial charge is 0.272 e. The zero-order valence-corrected chi connectivity index (χ0v) is 8.66. The van der Waals surface area contributed by atoms with Crippen molar-refractivity contribution in [2.75, 3.05) is 20.0 Å². The second kappa shape index (κ2) is 2.06. The van der Waals surface area contributed by atoms with Crippen LogP contribution in [0.2, 0.25) is 0 Å². The molecule has 1 aliphatic rings. The van der Waals surface area contributed by atoms with Crippen molar-refractivity contribution >= 4 is 26.9 Å². The summed E-state index contributed by atoms with van der Waals surface area (Å²) in [6.45, 7) is 4.80. The van der Waals surface area contributed by atoms with Gasteiger partial charge >= 0.3 is 0 Å². The Balaban J connectivity index is 2.47. The predicted molar refractivity (Wildman–Crippen MR) is 48.1 cm³/mol. The van der Waals surface area contributed by atoms with Crippen LogP contribution in [0.1, 0.15) is 6.92 Å². The molecule has 0 aromatic rings. The Kier molecular flexibility index (Phi) is 1.87. The van der Waals surface area contributed by atoms with Crippen LogP contribution < -0.4 is 4.90 Å². The molecule has 0 aliphatic carbocycles. The average Bonchev–Trinajstić information content (AvgIpc) is 1.65. The Labute approximate surface area is 64.6 Å². The SMILES string of the molecule is CC1[NH+](C)C[P+]1(C)I. The third-order valence-electron chi connectivity index (χ3n) is 2.08. The van der Waals surface area contributed by atoms with E-state index >= 15 is 0 Å². The summed E-state index contributed by atoms with van der Waals surface area (Å²) >= 11 is 2.66. The first-order valence-corrected chi connectivity index (χ1v) is 8.19. The molecule has 1 nitrogen and oxygen atoms in total. The second-order valence-electron chi connectivity index (χ2n) is 2.82. The average molecular weight is 245 g/mol. The molecule has 1 fully saturated rings. The van der Waals surface area contributed by atoms with E-state index in [0.717, 1.165) is 5.78 Å². The smallest absolute Gasteiger partial charge is 0.202 e. The van der Waals surface area contributed by atoms with Gasteiger partial charge in [-0.25, -0.2) is 0 Å². The van der Waals surface area contributed by atoms with Crippen molar-refractivity contribution in [3.63, 3.8) is 0 Å². The van der Waals surface area contributed by atoms with Crippen LogP contribution in [-0.4, -0.2) is 25.8 Å². The predicted octanol–water partition coefficient (Wildman–Crippen LogP) is 0.816. The van der Waals surface area contributed by atoms with E-state index in [-0.39, 0.29) is 0 Å². The van der Waals surface area contributed by atoms with Gasteiger partial charge in [-0.3, -0.25) is 4.90 Å². The Morgan fingerprint density at radius 3 is 2.25 bits per heavy atom. The van der Waals surface area contributed by atoms with Crippen molar-refractivity contribution in [1.82, 2.24) is 0 Å². The van der Waals surface area contributed by atoms with Gasteiger partial charge in [-0.15, -0.1) is 0 Å². The molecule has 1 rings (SSSR count). The summed E-state index contributed by atoms with van der Waals surface area (Å²) in [5.41, 5.74) is 0. The van der Waals surface area contributed by atoms with E-state index in [4.69, 9.17) is 0 Å². The van der Waals surface area contributed by atoms with Crippen LogP contribution in [-0.2, 0) is 0 Å². The lowest BCUT2D eigenvalue weighted by atomic mass is 10.6. The van der Waals surface area contributed by atoms with Gasteiger partial charge in [0.1, 0.15) is 0 Å². The summed E-state index contributed by atoms with van der Waals surface area (Å²) in [4.78, 5) is 1.29. The fraction of sp³-hybridized carbons (Fsp3) is 1.00. The molecule has 3 heteroatoms. The van der Waals surface area contributed by atoms with Crippen LogP contribution in [0.5, 0.6) is 0 Å². The van der Waals surface area contributed by atoms with Crippen LogP contribution in [0.25, 0.3) is 0 Å². The lowest BCUT2D eigenvalue weighted by molar-refractivity contribution is -0.895. The molecule has 1 aliphatic heterocycles. The molecule has 8 heavy (non-hydrogen) atoms. The third kappa shape index (κ3) is 1.03. The first-order chi connectivity index (χ1) is 3.54. The van der Waals surface area contributed by atoms with Crippen molar-refractivity contribution in [1.29, 1.82) is 0 Å². The van der Waals surface area contributed by atoms with E-state index in [2.05, 4.69) is 42.7 Å². The minimum Gasteiger partial charge on any atom is -0.272 e. The lowest BCUT2D eigenvalue weighted by Crippen LogP contribution is -3.18. The molecule has 0 bridgehead atoms. The van der Waals surface area contributed by atoms with Gasteiger partial charge in [-0.1, -0.05) is 0 Å². The Morgan fingerprint density at radius 2 is 2.25 bits per heavy atom. The molecule has 0 amide bonds. The highest BCUT2D eigenvalue weighted by Gasteiger charge is 2.55. The summed E-state index contributed by atoms with van der Waals surface area (Å²) in [5, 5.41) is 0. The first kappa shape index (κ1) is 7.23. The van der Waals surface area contributed by atoms with Gasteiger partial charge in [0, 0.05) is 6.92 Å². The monoisotopic (exact) mass is 245 g/mol. The number of nitrogens with one attached hydrogen (secondary N) is 1. The molecule has 0 radical (unpaired) electrons. The topological polar surface area (TPSA) is 4.44 Å². The molecule has 3 unspecified atom stereocenters. The van der Waals surface area contributed by atoms with Crippen molar-refractivity contribution in [3.8, 4) is 0 Å². The molecule has 1 heterocycles. The Bertz CT molecular complexity index is 105. The second-order valence-corrected chi connectivity index (χ2v) is 12.8. The fourth-order valence-electron chi connectivity index (χ4n) is 1.10. The van der Waals surface area contributed by atoms with Gasteiger partial charge in [0.15, 0.2) is 33.2 Å². The third-order valence-corrected chi connectivity index (χ3v) is 8.78. The molecule has 0 saturated carbocycles. The van der Waals surface area contributed by atoms with Crippen LogP contribution in [0.4, 0.5) is 0 Å². The highest BCUT2D eigenvalue weighted by molar-refractivity contribution is 14.2. The maximum atomic E-state index is 2.66. The highest BCUT2D eigenvalue weighted by atomic mass is 127. The maximum Gasteiger partial charge on any atom is 0.202 e. The van der Waals surface area contributed by atoms with Gasteiger partial charge in [-0.05, 0) is 0 Å². The summed E-state index contributed by atoms with van der Waals surface area (Å²) in [7, 11) is 2.28. The van der Waals surface area contributed by atoms with Crippen molar-refractivity contribution in [2.45, 2.75) is 12.7 Å². The Morgan fingerprint density at radius 1 is 1.75 bits per heavy atom. The van der Waals surface area contributed by atoms with Gasteiger partial charge in [-0.2, -0.15) is 0 Å². The van der Waals surface area contributed by atoms with Gasteiger partial charge in [0.2, 0.25) is 5.78 Å². The zero-order valence-electron chi connectivity index (χ0n) is 5.61. The van der Waals surface area contributed by atoms with Gasteiger partial charge in [0.05, 0.1) is 13.7 Å². The van der Waals surface area contributed by atoms with Crippen LogP contribution in [0.3, 0.4) is 0 Å². The maximum absolute atomic E-state index is 2.66. The number of rotatable bonds is 0. The van der Waals surface area contributed by atoms with Crippen LogP contribution >= 0.6 is 26.9 Å². The van der Waals surface area contributed by atoms with Gasteiger partial charge < -0.3 is 0 Å². The number of halogens is 1. The van der Waals surface area contributed by atoms with E-state index in [1.165, 1.54) is 6.29 Å². The molecule has 1 N–H and O–H groups in total.